The Kier molecular flexibility index (Phi) is 5.20. The molecule has 2 aromatic carbocycles. The molecule has 0 aliphatic heterocycles. The van der Waals surface area contributed by atoms with E-state index in [-0.39, 0.29) is 24.3 Å². The third kappa shape index (κ3) is 4.85. The van der Waals surface area contributed by atoms with Crippen LogP contribution in [0.1, 0.15) is 11.1 Å². The van der Waals surface area contributed by atoms with E-state index in [2.05, 4.69) is 4.72 Å². The summed E-state index contributed by atoms with van der Waals surface area (Å²) >= 11 is 0. The van der Waals surface area contributed by atoms with Crippen molar-refractivity contribution in [1.82, 2.24) is 4.72 Å². The first-order chi connectivity index (χ1) is 10.4. The van der Waals surface area contributed by atoms with Crippen LogP contribution in [0.3, 0.4) is 0 Å². The Morgan fingerprint density at radius 2 is 1.55 bits per heavy atom. The second-order valence-corrected chi connectivity index (χ2v) is 6.57. The lowest BCUT2D eigenvalue weighted by molar-refractivity contribution is 0.571. The van der Waals surface area contributed by atoms with Crippen molar-refractivity contribution in [2.24, 2.45) is 0 Å². The third-order valence-electron chi connectivity index (χ3n) is 2.99. The van der Waals surface area contributed by atoms with Crippen LogP contribution in [0.15, 0.2) is 42.5 Å². The van der Waals surface area contributed by atoms with Gasteiger partial charge in [0.25, 0.3) is 0 Å². The van der Waals surface area contributed by atoms with Gasteiger partial charge in [-0.05, 0) is 47.9 Å². The lowest BCUT2D eigenvalue weighted by atomic mass is 10.1. The molecule has 2 rings (SSSR count). The summed E-state index contributed by atoms with van der Waals surface area (Å²) in [6.07, 6.45) is 0.0340. The fourth-order valence-corrected chi connectivity index (χ4v) is 3.07. The Morgan fingerprint density at radius 1 is 0.909 bits per heavy atom. The molecule has 0 heterocycles. The highest BCUT2D eigenvalue weighted by atomic mass is 32.2. The van der Waals surface area contributed by atoms with Crippen LogP contribution < -0.4 is 4.72 Å². The Morgan fingerprint density at radius 3 is 2.23 bits per heavy atom. The standard InChI is InChI=1S/C15H14F3NO2S/c16-13-3-1-11(2-4-13)10-22(20,21)19-8-7-12-9-14(17)5-6-15(12)18/h1-6,9,19H,7-8,10H2. The number of nitrogens with one attached hydrogen (secondary N) is 1. The molecule has 0 saturated carbocycles. The molecule has 2 aromatic rings. The Balaban J connectivity index is 1.92. The predicted molar refractivity (Wildman–Crippen MR) is 77.1 cm³/mol. The molecule has 0 unspecified atom stereocenters. The van der Waals surface area contributed by atoms with E-state index in [0.717, 1.165) is 18.2 Å². The Bertz CT molecular complexity index is 746. The maximum atomic E-state index is 13.4. The molecule has 0 aliphatic carbocycles. The summed E-state index contributed by atoms with van der Waals surface area (Å²) in [5, 5.41) is 0. The number of halogens is 3. The molecule has 0 radical (unpaired) electrons. The van der Waals surface area contributed by atoms with E-state index < -0.39 is 27.5 Å². The average molecular weight is 329 g/mol. The zero-order valence-corrected chi connectivity index (χ0v) is 12.3. The molecule has 7 heteroatoms. The summed E-state index contributed by atoms with van der Waals surface area (Å²) in [6.45, 7) is -0.0517. The molecule has 0 amide bonds. The molecule has 0 aliphatic rings. The molecule has 0 aromatic heterocycles. The number of hydrogen-bond donors (Lipinski definition) is 1. The second kappa shape index (κ2) is 6.93. The van der Waals surface area contributed by atoms with Gasteiger partial charge >= 0.3 is 0 Å². The zero-order valence-electron chi connectivity index (χ0n) is 11.5. The molecular formula is C15H14F3NO2S. The van der Waals surface area contributed by atoms with E-state index >= 15 is 0 Å². The molecule has 0 bridgehead atoms. The average Bonchev–Trinajstić information content (AvgIpc) is 2.45. The number of hydrogen-bond acceptors (Lipinski definition) is 2. The van der Waals surface area contributed by atoms with Gasteiger partial charge < -0.3 is 0 Å². The van der Waals surface area contributed by atoms with Crippen LogP contribution in [0.25, 0.3) is 0 Å². The molecule has 0 spiro atoms. The lowest BCUT2D eigenvalue weighted by Gasteiger charge is -2.08. The second-order valence-electron chi connectivity index (χ2n) is 4.77. The van der Waals surface area contributed by atoms with E-state index in [0.29, 0.717) is 5.56 Å². The molecule has 3 nitrogen and oxygen atoms in total. The van der Waals surface area contributed by atoms with Crippen molar-refractivity contribution in [2.75, 3.05) is 6.54 Å². The third-order valence-corrected chi connectivity index (χ3v) is 4.35. The highest BCUT2D eigenvalue weighted by Crippen LogP contribution is 2.11. The van der Waals surface area contributed by atoms with Crippen molar-refractivity contribution >= 4 is 10.0 Å². The van der Waals surface area contributed by atoms with Crippen molar-refractivity contribution in [3.8, 4) is 0 Å². The largest absolute Gasteiger partial charge is 0.215 e. The minimum absolute atomic E-state index is 0.0340. The van der Waals surface area contributed by atoms with Crippen molar-refractivity contribution in [1.29, 1.82) is 0 Å². The van der Waals surface area contributed by atoms with Gasteiger partial charge in [-0.15, -0.1) is 0 Å². The molecular weight excluding hydrogens is 315 g/mol. The summed E-state index contributed by atoms with van der Waals surface area (Å²) in [7, 11) is -3.63. The van der Waals surface area contributed by atoms with Gasteiger partial charge in [0.05, 0.1) is 5.75 Å². The fourth-order valence-electron chi connectivity index (χ4n) is 1.93. The highest BCUT2D eigenvalue weighted by Gasteiger charge is 2.12. The van der Waals surface area contributed by atoms with Gasteiger partial charge in [-0.2, -0.15) is 0 Å². The highest BCUT2D eigenvalue weighted by molar-refractivity contribution is 7.88. The van der Waals surface area contributed by atoms with Crippen LogP contribution in [0.5, 0.6) is 0 Å². The maximum Gasteiger partial charge on any atom is 0.215 e. The van der Waals surface area contributed by atoms with Gasteiger partial charge in [-0.3, -0.25) is 0 Å². The van der Waals surface area contributed by atoms with E-state index in [1.807, 2.05) is 0 Å². The van der Waals surface area contributed by atoms with Crippen LogP contribution in [0.2, 0.25) is 0 Å². The zero-order chi connectivity index (χ0) is 16.2. The molecule has 22 heavy (non-hydrogen) atoms. The smallest absolute Gasteiger partial charge is 0.215 e. The minimum Gasteiger partial charge on any atom is -0.215 e. The summed E-state index contributed by atoms with van der Waals surface area (Å²) in [5.41, 5.74) is 0.537. The number of sulfonamides is 1. The van der Waals surface area contributed by atoms with Gasteiger partial charge in [-0.1, -0.05) is 12.1 Å². The molecule has 0 fully saturated rings. The minimum atomic E-state index is -3.63. The molecule has 1 N–H and O–H groups in total. The van der Waals surface area contributed by atoms with Crippen LogP contribution in [0, 0.1) is 17.5 Å². The number of rotatable bonds is 6. The van der Waals surface area contributed by atoms with E-state index in [1.165, 1.54) is 24.3 Å². The maximum absolute atomic E-state index is 13.4. The lowest BCUT2D eigenvalue weighted by Crippen LogP contribution is -2.27. The quantitative estimate of drug-likeness (QED) is 0.886. The fraction of sp³-hybridized carbons (Fsp3) is 0.200. The van der Waals surface area contributed by atoms with Crippen LogP contribution in [-0.2, 0) is 22.2 Å². The number of benzene rings is 2. The summed E-state index contributed by atoms with van der Waals surface area (Å²) < 4.78 is 65.2. The van der Waals surface area contributed by atoms with Gasteiger partial charge in [0.1, 0.15) is 17.5 Å². The van der Waals surface area contributed by atoms with E-state index in [4.69, 9.17) is 0 Å². The van der Waals surface area contributed by atoms with Gasteiger partial charge in [0.2, 0.25) is 10.0 Å². The summed E-state index contributed by atoms with van der Waals surface area (Å²) in [4.78, 5) is 0. The summed E-state index contributed by atoms with van der Waals surface area (Å²) in [6, 6.07) is 8.13. The first-order valence-corrected chi connectivity index (χ1v) is 8.17. The predicted octanol–water partition coefficient (Wildman–Crippen LogP) is 2.77. The topological polar surface area (TPSA) is 46.2 Å². The van der Waals surface area contributed by atoms with Crippen LogP contribution in [-0.4, -0.2) is 15.0 Å². The SMILES string of the molecule is O=S(=O)(Cc1ccc(F)cc1)NCCc1cc(F)ccc1F. The van der Waals surface area contributed by atoms with Gasteiger partial charge in [0, 0.05) is 6.54 Å². The Labute approximate surface area is 126 Å². The van der Waals surface area contributed by atoms with E-state index in [1.54, 1.807) is 0 Å². The Hall–Kier alpha value is -1.86. The first-order valence-electron chi connectivity index (χ1n) is 6.51. The van der Waals surface area contributed by atoms with E-state index in [9.17, 15) is 21.6 Å². The molecule has 0 atom stereocenters. The van der Waals surface area contributed by atoms with Crippen LogP contribution in [0.4, 0.5) is 13.2 Å². The van der Waals surface area contributed by atoms with Crippen molar-refractivity contribution in [3.05, 3.63) is 71.0 Å². The monoisotopic (exact) mass is 329 g/mol. The van der Waals surface area contributed by atoms with Crippen molar-refractivity contribution < 1.29 is 21.6 Å². The van der Waals surface area contributed by atoms with Crippen LogP contribution >= 0.6 is 0 Å². The first kappa shape index (κ1) is 16.5. The van der Waals surface area contributed by atoms with Gasteiger partial charge in [0.15, 0.2) is 0 Å². The van der Waals surface area contributed by atoms with Crippen molar-refractivity contribution in [3.63, 3.8) is 0 Å². The normalized spacial score (nSPS) is 11.6. The van der Waals surface area contributed by atoms with Gasteiger partial charge in [-0.25, -0.2) is 26.3 Å². The summed E-state index contributed by atoms with van der Waals surface area (Å²) in [5.74, 6) is -1.92. The molecule has 0 saturated heterocycles. The molecule has 118 valence electrons. The van der Waals surface area contributed by atoms with Crippen molar-refractivity contribution in [2.45, 2.75) is 12.2 Å².